The zero-order valence-electron chi connectivity index (χ0n) is 16.1. The molecule has 0 amide bonds. The maximum Gasteiger partial charge on any atom is 0.123 e. The van der Waals surface area contributed by atoms with Crippen molar-refractivity contribution in [3.8, 4) is 0 Å². The van der Waals surface area contributed by atoms with E-state index >= 15 is 0 Å². The molecule has 0 saturated carbocycles. The molecule has 2 saturated heterocycles. The van der Waals surface area contributed by atoms with Crippen molar-refractivity contribution in [2.45, 2.75) is 48.4 Å². The van der Waals surface area contributed by atoms with Gasteiger partial charge in [0.15, 0.2) is 0 Å². The fourth-order valence-corrected chi connectivity index (χ4v) is 7.50. The Kier molecular flexibility index (Phi) is 7.36. The van der Waals surface area contributed by atoms with Gasteiger partial charge < -0.3 is 5.73 Å². The molecule has 2 aromatic rings. The van der Waals surface area contributed by atoms with Crippen molar-refractivity contribution < 1.29 is 4.39 Å². The summed E-state index contributed by atoms with van der Waals surface area (Å²) in [5.41, 5.74) is 7.02. The smallest absolute Gasteiger partial charge is 0.123 e. The van der Waals surface area contributed by atoms with Gasteiger partial charge in [-0.25, -0.2) is 13.0 Å². The van der Waals surface area contributed by atoms with Crippen LogP contribution in [-0.2, 0) is 6.54 Å². The third-order valence-corrected chi connectivity index (χ3v) is 9.23. The number of halogens is 1. The highest BCUT2D eigenvalue weighted by Crippen LogP contribution is 2.40. The highest BCUT2D eigenvalue weighted by Gasteiger charge is 2.35. The molecule has 4 rings (SSSR count). The second kappa shape index (κ2) is 9.96. The number of hydrogen-bond acceptors (Lipinski definition) is 6. The molecule has 152 valence electrons. The van der Waals surface area contributed by atoms with Crippen LogP contribution in [0.5, 0.6) is 0 Å². The van der Waals surface area contributed by atoms with Gasteiger partial charge in [-0.3, -0.25) is 0 Å². The fourth-order valence-electron chi connectivity index (χ4n) is 3.93. The number of hydrogen-bond donors (Lipinski definition) is 1. The van der Waals surface area contributed by atoms with E-state index in [1.807, 2.05) is 47.4 Å². The van der Waals surface area contributed by atoms with Gasteiger partial charge in [0, 0.05) is 55.0 Å². The van der Waals surface area contributed by atoms with Crippen LogP contribution >= 0.6 is 35.2 Å². The minimum absolute atomic E-state index is 0.151. The van der Waals surface area contributed by atoms with E-state index in [1.165, 1.54) is 47.0 Å². The average Bonchev–Trinajstić information content (AvgIpc) is 3.34. The molecule has 2 fully saturated rings. The molecule has 0 aliphatic carbocycles. The quantitative estimate of drug-likeness (QED) is 0.467. The number of piperidine rings is 1. The van der Waals surface area contributed by atoms with E-state index in [9.17, 15) is 4.39 Å². The average molecular weight is 438 g/mol. The summed E-state index contributed by atoms with van der Waals surface area (Å²) in [4.78, 5) is 1.25. The Morgan fingerprint density at radius 2 is 1.86 bits per heavy atom. The lowest BCUT2D eigenvalue weighted by Crippen LogP contribution is -2.33. The van der Waals surface area contributed by atoms with Gasteiger partial charge in [-0.15, -0.1) is 23.1 Å². The first kappa shape index (κ1) is 20.7. The summed E-state index contributed by atoms with van der Waals surface area (Å²) in [6.07, 6.45) is 5.10. The summed E-state index contributed by atoms with van der Waals surface area (Å²) in [6.45, 7) is 4.04. The van der Waals surface area contributed by atoms with Gasteiger partial charge >= 0.3 is 0 Å². The van der Waals surface area contributed by atoms with E-state index in [0.29, 0.717) is 18.5 Å². The molecule has 2 N–H and O–H groups in total. The molecule has 2 aliphatic rings. The van der Waals surface area contributed by atoms with Crippen LogP contribution in [0.25, 0.3) is 0 Å². The van der Waals surface area contributed by atoms with Crippen LogP contribution in [0.15, 0.2) is 40.6 Å². The van der Waals surface area contributed by atoms with Crippen LogP contribution in [0, 0.1) is 5.82 Å². The van der Waals surface area contributed by atoms with Crippen molar-refractivity contribution >= 4 is 35.2 Å². The van der Waals surface area contributed by atoms with Crippen molar-refractivity contribution in [3.63, 3.8) is 0 Å². The predicted molar refractivity (Wildman–Crippen MR) is 120 cm³/mol. The normalized spacial score (nSPS) is 24.1. The Hall–Kier alpha value is -0.570. The summed E-state index contributed by atoms with van der Waals surface area (Å²) in [7, 11) is 0. The molecular formula is C21H28FN3S3. The largest absolute Gasteiger partial charge is 0.326 e. The minimum atomic E-state index is -0.151. The van der Waals surface area contributed by atoms with E-state index in [0.717, 1.165) is 18.7 Å². The molecule has 2 atom stereocenters. The minimum Gasteiger partial charge on any atom is -0.326 e. The van der Waals surface area contributed by atoms with Crippen LogP contribution in [0.2, 0.25) is 0 Å². The second-order valence-corrected chi connectivity index (χ2v) is 11.2. The molecule has 0 bridgehead atoms. The van der Waals surface area contributed by atoms with Gasteiger partial charge in [-0.1, -0.05) is 18.6 Å². The Labute approximate surface area is 180 Å². The number of nitrogens with two attached hydrogens (primary N) is 1. The standard InChI is InChI=1S/C21H28FN3S3/c22-18-6-4-16(5-7-18)17-12-19(15-26-21-9-8-20(13-23)27-21)25(14-17)28-24-10-2-1-3-11-24/h4-9,17,19H,1-3,10-15,23H2. The lowest BCUT2D eigenvalue weighted by molar-refractivity contribution is 0.355. The van der Waals surface area contributed by atoms with Crippen molar-refractivity contribution in [2.24, 2.45) is 5.73 Å². The fraction of sp³-hybridized carbons (Fsp3) is 0.524. The Morgan fingerprint density at radius 3 is 2.57 bits per heavy atom. The van der Waals surface area contributed by atoms with E-state index in [1.54, 1.807) is 12.1 Å². The maximum atomic E-state index is 13.3. The summed E-state index contributed by atoms with van der Waals surface area (Å²) < 4.78 is 19.8. The molecule has 0 spiro atoms. The molecule has 1 aromatic heterocycles. The lowest BCUT2D eigenvalue weighted by atomic mass is 9.97. The summed E-state index contributed by atoms with van der Waals surface area (Å²) in [6, 6.07) is 12.0. The highest BCUT2D eigenvalue weighted by molar-refractivity contribution is 8.01. The van der Waals surface area contributed by atoms with Gasteiger partial charge in [-0.05, 0) is 55.0 Å². The summed E-state index contributed by atoms with van der Waals surface area (Å²) in [5, 5.41) is 0. The molecule has 7 heteroatoms. The van der Waals surface area contributed by atoms with Crippen molar-refractivity contribution in [1.29, 1.82) is 0 Å². The third-order valence-electron chi connectivity index (χ3n) is 5.50. The zero-order chi connectivity index (χ0) is 19.3. The van der Waals surface area contributed by atoms with Crippen LogP contribution in [0.4, 0.5) is 4.39 Å². The van der Waals surface area contributed by atoms with E-state index < -0.39 is 0 Å². The zero-order valence-corrected chi connectivity index (χ0v) is 18.5. The first-order valence-electron chi connectivity index (χ1n) is 10.1. The van der Waals surface area contributed by atoms with Crippen molar-refractivity contribution in [1.82, 2.24) is 8.61 Å². The summed E-state index contributed by atoms with van der Waals surface area (Å²) >= 11 is 5.71. The number of benzene rings is 1. The number of thioether (sulfide) groups is 1. The lowest BCUT2D eigenvalue weighted by Gasteiger charge is -2.31. The van der Waals surface area contributed by atoms with Crippen molar-refractivity contribution in [2.75, 3.05) is 25.4 Å². The third kappa shape index (κ3) is 5.32. The van der Waals surface area contributed by atoms with Gasteiger partial charge in [0.05, 0.1) is 4.21 Å². The predicted octanol–water partition coefficient (Wildman–Crippen LogP) is 5.35. The first-order valence-corrected chi connectivity index (χ1v) is 12.6. The molecule has 3 heterocycles. The van der Waals surface area contributed by atoms with Gasteiger partial charge in [0.1, 0.15) is 5.82 Å². The molecule has 0 radical (unpaired) electrons. The topological polar surface area (TPSA) is 32.5 Å². The van der Waals surface area contributed by atoms with Crippen LogP contribution in [-0.4, -0.2) is 40.0 Å². The number of thiophene rings is 1. The van der Waals surface area contributed by atoms with Crippen LogP contribution in [0.1, 0.15) is 42.0 Å². The highest BCUT2D eigenvalue weighted by atomic mass is 32.2. The SMILES string of the molecule is NCc1ccc(SCC2CC(c3ccc(F)cc3)CN2SN2CCCCC2)s1. The Morgan fingerprint density at radius 1 is 1.07 bits per heavy atom. The molecule has 3 nitrogen and oxygen atoms in total. The van der Waals surface area contributed by atoms with Gasteiger partial charge in [0.25, 0.3) is 0 Å². The number of rotatable bonds is 7. The maximum absolute atomic E-state index is 13.3. The molecule has 28 heavy (non-hydrogen) atoms. The molecule has 2 aliphatic heterocycles. The Bertz CT molecular complexity index is 746. The van der Waals surface area contributed by atoms with Crippen LogP contribution < -0.4 is 5.73 Å². The molecule has 1 aromatic carbocycles. The van der Waals surface area contributed by atoms with E-state index in [4.69, 9.17) is 5.73 Å². The van der Waals surface area contributed by atoms with E-state index in [-0.39, 0.29) is 5.82 Å². The second-order valence-electron chi connectivity index (χ2n) is 7.54. The van der Waals surface area contributed by atoms with Gasteiger partial charge in [-0.2, -0.15) is 0 Å². The van der Waals surface area contributed by atoms with Crippen LogP contribution in [0.3, 0.4) is 0 Å². The Balaban J connectivity index is 1.42. The molecule has 2 unspecified atom stereocenters. The summed E-state index contributed by atoms with van der Waals surface area (Å²) in [5.74, 6) is 1.41. The van der Waals surface area contributed by atoms with Gasteiger partial charge in [0.2, 0.25) is 0 Å². The molecular weight excluding hydrogens is 409 g/mol. The first-order chi connectivity index (χ1) is 13.7. The monoisotopic (exact) mass is 437 g/mol. The number of nitrogens with zero attached hydrogens (tertiary/aromatic N) is 2. The van der Waals surface area contributed by atoms with Crippen molar-refractivity contribution in [3.05, 3.63) is 52.7 Å². The van der Waals surface area contributed by atoms with E-state index in [2.05, 4.69) is 20.7 Å².